The van der Waals surface area contributed by atoms with Crippen molar-refractivity contribution in [1.82, 2.24) is 0 Å². The van der Waals surface area contributed by atoms with E-state index in [4.69, 9.17) is 21.7 Å². The Morgan fingerprint density at radius 3 is 2.44 bits per heavy atom. The maximum Gasteiger partial charge on any atom is 0.416 e. The molecule has 2 aromatic rings. The van der Waals surface area contributed by atoms with Crippen LogP contribution in [-0.2, 0) is 17.5 Å². The Kier molecular flexibility index (Phi) is 5.89. The zero-order chi connectivity index (χ0) is 18.6. The fourth-order valence-electron chi connectivity index (χ4n) is 2.27. The molecule has 0 aromatic heterocycles. The first-order chi connectivity index (χ1) is 11.7. The summed E-state index contributed by atoms with van der Waals surface area (Å²) >= 11 is 4.89. The van der Waals surface area contributed by atoms with E-state index in [9.17, 15) is 13.2 Å². The van der Waals surface area contributed by atoms with E-state index < -0.39 is 11.7 Å². The average Bonchev–Trinajstić information content (AvgIpc) is 2.53. The molecule has 0 heterocycles. The fraction of sp³-hybridized carbons (Fsp3) is 0.278. The van der Waals surface area contributed by atoms with E-state index in [1.54, 1.807) is 0 Å². The second kappa shape index (κ2) is 7.74. The van der Waals surface area contributed by atoms with E-state index in [1.165, 1.54) is 13.2 Å². The van der Waals surface area contributed by atoms with Crippen molar-refractivity contribution in [3.63, 3.8) is 0 Å². The van der Waals surface area contributed by atoms with Crippen LogP contribution < -0.4 is 10.1 Å². The van der Waals surface area contributed by atoms with Crippen LogP contribution in [0.5, 0.6) is 5.75 Å². The Morgan fingerprint density at radius 1 is 1.12 bits per heavy atom. The van der Waals surface area contributed by atoms with Crippen LogP contribution in [-0.4, -0.2) is 12.3 Å². The third-order valence-electron chi connectivity index (χ3n) is 3.57. The van der Waals surface area contributed by atoms with Crippen molar-refractivity contribution in [2.75, 3.05) is 12.4 Å². The van der Waals surface area contributed by atoms with E-state index in [2.05, 4.69) is 5.32 Å². The van der Waals surface area contributed by atoms with Gasteiger partial charge >= 0.3 is 6.18 Å². The monoisotopic (exact) mass is 369 g/mol. The maximum atomic E-state index is 12.9. The molecule has 25 heavy (non-hydrogen) atoms. The van der Waals surface area contributed by atoms with Gasteiger partial charge in [0, 0.05) is 11.3 Å². The highest BCUT2D eigenvalue weighted by atomic mass is 32.1. The van der Waals surface area contributed by atoms with Gasteiger partial charge < -0.3 is 14.8 Å². The van der Waals surface area contributed by atoms with Crippen molar-refractivity contribution in [3.05, 3.63) is 58.7 Å². The molecule has 134 valence electrons. The molecule has 0 radical (unpaired) electrons. The molecule has 0 aliphatic heterocycles. The number of hydrogen-bond acceptors (Lipinski definition) is 3. The molecule has 0 saturated heterocycles. The zero-order valence-corrected chi connectivity index (χ0v) is 14.8. The number of rotatable bonds is 4. The molecule has 1 N–H and O–H groups in total. The number of alkyl halides is 3. The first kappa shape index (κ1) is 19.1. The van der Waals surface area contributed by atoms with Crippen LogP contribution in [0.4, 0.5) is 18.9 Å². The number of benzene rings is 2. The highest BCUT2D eigenvalue weighted by Crippen LogP contribution is 2.33. The van der Waals surface area contributed by atoms with Crippen LogP contribution >= 0.6 is 12.2 Å². The normalized spacial score (nSPS) is 11.1. The number of halogens is 3. The Hall–Kier alpha value is -2.28. The summed E-state index contributed by atoms with van der Waals surface area (Å²) in [5.74, 6) is 0.672. The van der Waals surface area contributed by atoms with Gasteiger partial charge in [-0.1, -0.05) is 23.8 Å². The van der Waals surface area contributed by atoms with Gasteiger partial charge in [-0.3, -0.25) is 0 Å². The van der Waals surface area contributed by atoms with Crippen molar-refractivity contribution in [3.8, 4) is 5.75 Å². The lowest BCUT2D eigenvalue weighted by atomic mass is 10.1. The number of aryl methyl sites for hydroxylation is 2. The summed E-state index contributed by atoms with van der Waals surface area (Å²) < 4.78 is 49.4. The highest BCUT2D eigenvalue weighted by Gasteiger charge is 2.31. The van der Waals surface area contributed by atoms with E-state index >= 15 is 0 Å². The average molecular weight is 369 g/mol. The Labute approximate surface area is 149 Å². The maximum absolute atomic E-state index is 12.9. The third-order valence-corrected chi connectivity index (χ3v) is 3.84. The van der Waals surface area contributed by atoms with Crippen LogP contribution in [0.3, 0.4) is 0 Å². The molecular weight excluding hydrogens is 351 g/mol. The van der Waals surface area contributed by atoms with Crippen molar-refractivity contribution in [2.24, 2.45) is 0 Å². The van der Waals surface area contributed by atoms with Crippen LogP contribution in [0.1, 0.15) is 22.3 Å². The number of methoxy groups -OCH3 is 1. The van der Waals surface area contributed by atoms with Crippen LogP contribution in [0.25, 0.3) is 0 Å². The van der Waals surface area contributed by atoms with Gasteiger partial charge in [0.2, 0.25) is 0 Å². The van der Waals surface area contributed by atoms with Crippen LogP contribution in [0, 0.1) is 13.8 Å². The molecule has 0 amide bonds. The van der Waals surface area contributed by atoms with Crippen molar-refractivity contribution in [2.45, 2.75) is 26.6 Å². The minimum absolute atomic E-state index is 0.0212. The van der Waals surface area contributed by atoms with Gasteiger partial charge in [-0.05, 0) is 49.8 Å². The van der Waals surface area contributed by atoms with Gasteiger partial charge in [0.25, 0.3) is 5.17 Å². The summed E-state index contributed by atoms with van der Waals surface area (Å²) in [6.45, 7) is 3.98. The minimum atomic E-state index is -4.45. The summed E-state index contributed by atoms with van der Waals surface area (Å²) in [7, 11) is 1.34. The molecule has 0 atom stereocenters. The molecular formula is C18H18F3NO2S. The lowest BCUT2D eigenvalue weighted by Gasteiger charge is -2.16. The lowest BCUT2D eigenvalue weighted by Crippen LogP contribution is -2.15. The van der Waals surface area contributed by atoms with Gasteiger partial charge in [-0.25, -0.2) is 0 Å². The molecule has 0 aliphatic rings. The van der Waals surface area contributed by atoms with Gasteiger partial charge in [0.1, 0.15) is 12.4 Å². The van der Waals surface area contributed by atoms with Crippen molar-refractivity contribution < 1.29 is 22.6 Å². The fourth-order valence-corrected chi connectivity index (χ4v) is 2.38. The molecule has 3 nitrogen and oxygen atoms in total. The summed E-state index contributed by atoms with van der Waals surface area (Å²) in [4.78, 5) is 0. The minimum Gasteiger partial charge on any atom is -0.489 e. The summed E-state index contributed by atoms with van der Waals surface area (Å²) in [5.41, 5.74) is 2.02. The molecule has 2 aromatic carbocycles. The molecule has 0 saturated carbocycles. The second-order valence-corrected chi connectivity index (χ2v) is 5.91. The summed E-state index contributed by atoms with van der Waals surface area (Å²) in [5, 5.41) is 2.64. The first-order valence-electron chi connectivity index (χ1n) is 7.46. The predicted octanol–water partition coefficient (Wildman–Crippen LogP) is 5.24. The molecule has 2 rings (SSSR count). The van der Waals surface area contributed by atoms with E-state index in [1.807, 2.05) is 32.0 Å². The number of nitrogens with one attached hydrogen (secondary N) is 1. The van der Waals surface area contributed by atoms with E-state index in [0.29, 0.717) is 11.3 Å². The molecule has 0 unspecified atom stereocenters. The Morgan fingerprint density at radius 2 is 1.84 bits per heavy atom. The number of hydrogen-bond donors (Lipinski definition) is 1. The van der Waals surface area contributed by atoms with E-state index in [0.717, 1.165) is 23.3 Å². The Bertz CT molecular complexity index is 775. The smallest absolute Gasteiger partial charge is 0.416 e. The number of thiocarbonyl (C=S) groups is 1. The van der Waals surface area contributed by atoms with Gasteiger partial charge in [-0.2, -0.15) is 13.2 Å². The molecule has 0 aliphatic carbocycles. The van der Waals surface area contributed by atoms with E-state index in [-0.39, 0.29) is 17.5 Å². The van der Waals surface area contributed by atoms with Crippen LogP contribution in [0.15, 0.2) is 36.4 Å². The largest absolute Gasteiger partial charge is 0.489 e. The van der Waals surface area contributed by atoms with Crippen LogP contribution in [0.2, 0.25) is 0 Å². The van der Waals surface area contributed by atoms with Gasteiger partial charge in [0.15, 0.2) is 0 Å². The zero-order valence-electron chi connectivity index (χ0n) is 14.0. The topological polar surface area (TPSA) is 30.5 Å². The van der Waals surface area contributed by atoms with Gasteiger partial charge in [-0.15, -0.1) is 0 Å². The number of anilines is 1. The third kappa shape index (κ3) is 5.09. The molecule has 7 heteroatoms. The first-order valence-corrected chi connectivity index (χ1v) is 7.86. The van der Waals surface area contributed by atoms with Crippen molar-refractivity contribution in [1.29, 1.82) is 0 Å². The second-order valence-electron chi connectivity index (χ2n) is 5.54. The summed E-state index contributed by atoms with van der Waals surface area (Å²) in [6, 6.07) is 9.10. The molecule has 0 fully saturated rings. The molecule has 0 spiro atoms. The SMILES string of the molecule is COC(=S)Nc1cc(C(F)(F)F)ccc1COc1ccc(C)cc1C. The van der Waals surface area contributed by atoms with Gasteiger partial charge in [0.05, 0.1) is 12.7 Å². The lowest BCUT2D eigenvalue weighted by molar-refractivity contribution is -0.137. The number of ether oxygens (including phenoxy) is 2. The predicted molar refractivity (Wildman–Crippen MR) is 94.9 cm³/mol. The summed E-state index contributed by atoms with van der Waals surface area (Å²) in [6.07, 6.45) is -4.45. The van der Waals surface area contributed by atoms with Crippen molar-refractivity contribution >= 4 is 23.1 Å². The quantitative estimate of drug-likeness (QED) is 0.746. The standard InChI is InChI=1S/C18H18F3NO2S/c1-11-4-7-16(12(2)8-11)24-10-13-5-6-14(18(19,20)21)9-15(13)22-17(25)23-3/h4-9H,10H2,1-3H3,(H,22,25). The Balaban J connectivity index is 2.27. The highest BCUT2D eigenvalue weighted by molar-refractivity contribution is 7.80. The molecule has 0 bridgehead atoms.